The molecule has 0 bridgehead atoms. The van der Waals surface area contributed by atoms with E-state index in [9.17, 15) is 9.59 Å². The van der Waals surface area contributed by atoms with Crippen LogP contribution in [0.1, 0.15) is 35.4 Å². The number of amides is 2. The normalized spacial score (nSPS) is 17.5. The van der Waals surface area contributed by atoms with Gasteiger partial charge in [-0.2, -0.15) is 0 Å². The Balaban J connectivity index is 0.00000264. The average Bonchev–Trinajstić information content (AvgIpc) is 2.91. The van der Waals surface area contributed by atoms with Crippen molar-refractivity contribution in [1.29, 1.82) is 0 Å². The summed E-state index contributed by atoms with van der Waals surface area (Å²) >= 11 is 1.68. The predicted molar refractivity (Wildman–Crippen MR) is 96.0 cm³/mol. The van der Waals surface area contributed by atoms with Gasteiger partial charge in [-0.25, -0.2) is 0 Å². The fraction of sp³-hybridized carbons (Fsp3) is 0.625. The molecule has 23 heavy (non-hydrogen) atoms. The van der Waals surface area contributed by atoms with Crippen molar-refractivity contribution >= 4 is 35.6 Å². The molecule has 1 aliphatic heterocycles. The van der Waals surface area contributed by atoms with E-state index in [0.717, 1.165) is 30.7 Å². The van der Waals surface area contributed by atoms with Crippen molar-refractivity contribution in [1.82, 2.24) is 10.2 Å². The van der Waals surface area contributed by atoms with Crippen LogP contribution in [0.3, 0.4) is 0 Å². The SMILES string of the molecule is Cc1ccc(CC(=O)N2CCCCC2CNC(=O)CCN)s1.Cl. The minimum absolute atomic E-state index is 0. The largest absolute Gasteiger partial charge is 0.354 e. The number of aryl methyl sites for hydroxylation is 1. The van der Waals surface area contributed by atoms with E-state index in [2.05, 4.69) is 12.2 Å². The summed E-state index contributed by atoms with van der Waals surface area (Å²) in [6.45, 7) is 3.74. The summed E-state index contributed by atoms with van der Waals surface area (Å²) in [4.78, 5) is 28.4. The second kappa shape index (κ2) is 9.90. The third kappa shape index (κ3) is 6.12. The zero-order valence-corrected chi connectivity index (χ0v) is 15.2. The first-order chi connectivity index (χ1) is 10.6. The first-order valence-electron chi connectivity index (χ1n) is 7.91. The smallest absolute Gasteiger partial charge is 0.228 e. The molecule has 2 rings (SSSR count). The molecular formula is C16H26ClN3O2S. The molecule has 3 N–H and O–H groups in total. The van der Waals surface area contributed by atoms with Gasteiger partial charge < -0.3 is 16.0 Å². The number of piperidine rings is 1. The highest BCUT2D eigenvalue weighted by Gasteiger charge is 2.27. The van der Waals surface area contributed by atoms with Crippen molar-refractivity contribution in [2.24, 2.45) is 5.73 Å². The molecule has 1 atom stereocenters. The fourth-order valence-electron chi connectivity index (χ4n) is 2.82. The average molecular weight is 360 g/mol. The Morgan fingerprint density at radius 2 is 2.17 bits per heavy atom. The maximum Gasteiger partial charge on any atom is 0.228 e. The highest BCUT2D eigenvalue weighted by molar-refractivity contribution is 7.12. The number of hydrogen-bond acceptors (Lipinski definition) is 4. The number of carbonyl (C=O) groups excluding carboxylic acids is 2. The van der Waals surface area contributed by atoms with Crippen LogP contribution in [0.5, 0.6) is 0 Å². The summed E-state index contributed by atoms with van der Waals surface area (Å²) in [5, 5.41) is 2.90. The lowest BCUT2D eigenvalue weighted by atomic mass is 10.0. The standard InChI is InChI=1S/C16H25N3O2S.ClH/c1-12-5-6-14(22-12)10-16(21)19-9-3-2-4-13(19)11-18-15(20)7-8-17;/h5-6,13H,2-4,7-11,17H2,1H3,(H,18,20);1H. The monoisotopic (exact) mass is 359 g/mol. The van der Waals surface area contributed by atoms with Gasteiger partial charge in [-0.1, -0.05) is 0 Å². The Morgan fingerprint density at radius 3 is 2.83 bits per heavy atom. The molecule has 1 aromatic rings. The molecule has 5 nitrogen and oxygen atoms in total. The molecule has 1 saturated heterocycles. The maximum atomic E-state index is 12.6. The van der Waals surface area contributed by atoms with Gasteiger partial charge in [-0.3, -0.25) is 9.59 Å². The van der Waals surface area contributed by atoms with Gasteiger partial charge in [0.25, 0.3) is 0 Å². The summed E-state index contributed by atoms with van der Waals surface area (Å²) in [5.41, 5.74) is 5.38. The first kappa shape index (κ1) is 19.9. The second-order valence-corrected chi connectivity index (χ2v) is 7.14. The van der Waals surface area contributed by atoms with Crippen molar-refractivity contribution in [2.75, 3.05) is 19.6 Å². The van der Waals surface area contributed by atoms with E-state index in [1.807, 2.05) is 17.0 Å². The van der Waals surface area contributed by atoms with E-state index in [1.165, 1.54) is 4.88 Å². The minimum atomic E-state index is -0.0330. The number of nitrogens with two attached hydrogens (primary N) is 1. The summed E-state index contributed by atoms with van der Waals surface area (Å²) in [6, 6.07) is 4.19. The molecule has 0 aliphatic carbocycles. The van der Waals surface area contributed by atoms with Crippen molar-refractivity contribution < 1.29 is 9.59 Å². The molecule has 1 aliphatic rings. The molecule has 130 valence electrons. The molecule has 1 unspecified atom stereocenters. The summed E-state index contributed by atoms with van der Waals surface area (Å²) < 4.78 is 0. The lowest BCUT2D eigenvalue weighted by molar-refractivity contribution is -0.134. The van der Waals surface area contributed by atoms with Crippen LogP contribution in [-0.2, 0) is 16.0 Å². The number of halogens is 1. The zero-order valence-electron chi connectivity index (χ0n) is 13.5. The molecule has 2 amide bonds. The summed E-state index contributed by atoms with van der Waals surface area (Å²) in [6.07, 6.45) is 3.92. The Morgan fingerprint density at radius 1 is 1.39 bits per heavy atom. The van der Waals surface area contributed by atoms with Crippen LogP contribution in [0.15, 0.2) is 12.1 Å². The maximum absolute atomic E-state index is 12.6. The molecule has 2 heterocycles. The lowest BCUT2D eigenvalue weighted by Crippen LogP contribution is -2.50. The third-order valence-corrected chi connectivity index (χ3v) is 4.98. The Labute approximate surface area is 148 Å². The minimum Gasteiger partial charge on any atom is -0.354 e. The lowest BCUT2D eigenvalue weighted by Gasteiger charge is -2.36. The number of nitrogens with one attached hydrogen (secondary N) is 1. The first-order valence-corrected chi connectivity index (χ1v) is 8.73. The van der Waals surface area contributed by atoms with Gasteiger partial charge in [0, 0.05) is 41.9 Å². The van der Waals surface area contributed by atoms with Crippen LogP contribution >= 0.6 is 23.7 Å². The summed E-state index contributed by atoms with van der Waals surface area (Å²) in [7, 11) is 0. The van der Waals surface area contributed by atoms with E-state index in [4.69, 9.17) is 5.73 Å². The van der Waals surface area contributed by atoms with E-state index < -0.39 is 0 Å². The van der Waals surface area contributed by atoms with Crippen LogP contribution in [0.25, 0.3) is 0 Å². The van der Waals surface area contributed by atoms with Gasteiger partial charge in [0.15, 0.2) is 0 Å². The van der Waals surface area contributed by atoms with Crippen LogP contribution in [-0.4, -0.2) is 42.4 Å². The van der Waals surface area contributed by atoms with Crippen molar-refractivity contribution in [3.63, 3.8) is 0 Å². The Kier molecular flexibility index (Phi) is 8.58. The number of nitrogens with zero attached hydrogens (tertiary/aromatic N) is 1. The van der Waals surface area contributed by atoms with Gasteiger partial charge in [-0.05, 0) is 38.3 Å². The van der Waals surface area contributed by atoms with Gasteiger partial charge >= 0.3 is 0 Å². The van der Waals surface area contributed by atoms with Crippen LogP contribution in [0.4, 0.5) is 0 Å². The van der Waals surface area contributed by atoms with E-state index in [-0.39, 0.29) is 30.3 Å². The topological polar surface area (TPSA) is 75.4 Å². The Hall–Kier alpha value is -1.11. The highest BCUT2D eigenvalue weighted by atomic mass is 35.5. The number of thiophene rings is 1. The van der Waals surface area contributed by atoms with E-state index in [0.29, 0.717) is 25.9 Å². The molecule has 0 saturated carbocycles. The van der Waals surface area contributed by atoms with Crippen molar-refractivity contribution in [3.05, 3.63) is 21.9 Å². The molecule has 1 fully saturated rings. The zero-order chi connectivity index (χ0) is 15.9. The van der Waals surface area contributed by atoms with Crippen molar-refractivity contribution in [3.8, 4) is 0 Å². The van der Waals surface area contributed by atoms with E-state index in [1.54, 1.807) is 11.3 Å². The highest BCUT2D eigenvalue weighted by Crippen LogP contribution is 2.21. The van der Waals surface area contributed by atoms with Gasteiger partial charge in [0.05, 0.1) is 6.42 Å². The summed E-state index contributed by atoms with van der Waals surface area (Å²) in [5.74, 6) is 0.133. The van der Waals surface area contributed by atoms with Gasteiger partial charge in [0.2, 0.25) is 11.8 Å². The molecule has 0 spiro atoms. The quantitative estimate of drug-likeness (QED) is 0.814. The predicted octanol–water partition coefficient (Wildman–Crippen LogP) is 1.87. The van der Waals surface area contributed by atoms with Gasteiger partial charge in [0.1, 0.15) is 0 Å². The molecule has 0 aromatic carbocycles. The van der Waals surface area contributed by atoms with Crippen LogP contribution in [0.2, 0.25) is 0 Å². The second-order valence-electron chi connectivity index (χ2n) is 5.77. The van der Waals surface area contributed by atoms with Crippen molar-refractivity contribution in [2.45, 2.75) is 45.1 Å². The number of hydrogen-bond donors (Lipinski definition) is 2. The third-order valence-electron chi connectivity index (χ3n) is 3.98. The van der Waals surface area contributed by atoms with E-state index >= 15 is 0 Å². The fourth-order valence-corrected chi connectivity index (χ4v) is 3.70. The molecule has 0 radical (unpaired) electrons. The van der Waals surface area contributed by atoms with Crippen LogP contribution < -0.4 is 11.1 Å². The Bertz CT molecular complexity index is 521. The number of carbonyl (C=O) groups is 2. The number of rotatable bonds is 6. The molecule has 1 aromatic heterocycles. The number of likely N-dealkylation sites (tertiary alicyclic amines) is 1. The molecule has 7 heteroatoms. The van der Waals surface area contributed by atoms with Gasteiger partial charge in [-0.15, -0.1) is 23.7 Å². The van der Waals surface area contributed by atoms with Crippen LogP contribution in [0, 0.1) is 6.92 Å². The molecular weight excluding hydrogens is 334 g/mol.